The van der Waals surface area contributed by atoms with Gasteiger partial charge in [-0.25, -0.2) is 0 Å². The summed E-state index contributed by atoms with van der Waals surface area (Å²) in [6, 6.07) is 0. The van der Waals surface area contributed by atoms with Crippen LogP contribution in [-0.4, -0.2) is 48.4 Å². The molecule has 0 saturated heterocycles. The molecule has 0 aromatic rings. The Morgan fingerprint density at radius 1 is 1.14 bits per heavy atom. The first-order valence-electron chi connectivity index (χ1n) is 3.25. The minimum Gasteiger partial charge on any atom is -0.784 e. The fourth-order valence-corrected chi connectivity index (χ4v) is 3.22. The maximum absolute atomic E-state index is 10.8. The summed E-state index contributed by atoms with van der Waals surface area (Å²) in [4.78, 5) is 34.0. The minimum atomic E-state index is -5.24. The van der Waals surface area contributed by atoms with Crippen LogP contribution in [0.2, 0.25) is 0 Å². The van der Waals surface area contributed by atoms with Crippen molar-refractivity contribution in [2.24, 2.45) is 0 Å². The highest BCUT2D eigenvalue weighted by molar-refractivity contribution is 7.70. The summed E-state index contributed by atoms with van der Waals surface area (Å²) < 4.78 is 21.1. The van der Waals surface area contributed by atoms with Crippen molar-refractivity contribution in [3.8, 4) is 0 Å². The molecular weight excluding hydrogens is 240 g/mol. The Balaban J connectivity index is 4.94. The van der Waals surface area contributed by atoms with Gasteiger partial charge in [0.2, 0.25) is 5.52 Å². The summed E-state index contributed by atoms with van der Waals surface area (Å²) in [7, 11) is -10.5. The van der Waals surface area contributed by atoms with Crippen molar-refractivity contribution in [2.75, 3.05) is 13.2 Å². The highest BCUT2D eigenvalue weighted by Crippen LogP contribution is 2.60. The van der Waals surface area contributed by atoms with Crippen LogP contribution in [0.3, 0.4) is 0 Å². The van der Waals surface area contributed by atoms with Gasteiger partial charge in [0.25, 0.3) is 0 Å². The highest BCUT2D eigenvalue weighted by Gasteiger charge is 2.44. The molecular formula is C3H10NO8P2-. The second-order valence-corrected chi connectivity index (χ2v) is 6.13. The second-order valence-electron chi connectivity index (χ2n) is 2.39. The third-order valence-electron chi connectivity index (χ3n) is 1.18. The average Bonchev–Trinajstić information content (AvgIpc) is 1.78. The van der Waals surface area contributed by atoms with Crippen LogP contribution < -0.4 is 0 Å². The second kappa shape index (κ2) is 4.80. The molecule has 0 rings (SSSR count). The van der Waals surface area contributed by atoms with Crippen molar-refractivity contribution in [3.63, 3.8) is 0 Å². The van der Waals surface area contributed by atoms with Crippen molar-refractivity contribution in [1.82, 2.24) is 5.06 Å². The van der Waals surface area contributed by atoms with Gasteiger partial charge in [0, 0.05) is 6.54 Å². The van der Waals surface area contributed by atoms with Crippen molar-refractivity contribution in [1.29, 1.82) is 0 Å². The van der Waals surface area contributed by atoms with Gasteiger partial charge in [-0.3, -0.25) is 9.13 Å². The molecule has 86 valence electrons. The van der Waals surface area contributed by atoms with E-state index in [-0.39, 0.29) is 0 Å². The quantitative estimate of drug-likeness (QED) is 0.286. The predicted molar refractivity (Wildman–Crippen MR) is 45.0 cm³/mol. The van der Waals surface area contributed by atoms with E-state index in [0.29, 0.717) is 0 Å². The lowest BCUT2D eigenvalue weighted by molar-refractivity contribution is 0.218. The number of aliphatic hydroxyl groups excluding tert-OH is 1. The minimum absolute atomic E-state index is 0.512. The molecule has 9 nitrogen and oxygen atoms in total. The molecule has 0 aromatic carbocycles. The molecule has 5 N–H and O–H groups in total. The highest BCUT2D eigenvalue weighted by atomic mass is 31.2. The number of aliphatic hydroxyl groups is 1. The summed E-state index contributed by atoms with van der Waals surface area (Å²) in [5.41, 5.74) is -2.75. The first-order valence-corrected chi connectivity index (χ1v) is 6.62. The maximum Gasteiger partial charge on any atom is 0.354 e. The third kappa shape index (κ3) is 4.14. The van der Waals surface area contributed by atoms with Crippen LogP contribution >= 0.6 is 15.2 Å². The SMILES string of the molecule is O=P(O)(O)C(N([O-])CCO)P(=O)(O)O. The molecule has 0 bridgehead atoms. The van der Waals surface area contributed by atoms with Gasteiger partial charge in [0.05, 0.1) is 6.61 Å². The van der Waals surface area contributed by atoms with Gasteiger partial charge in [-0.05, 0) is 0 Å². The van der Waals surface area contributed by atoms with Gasteiger partial charge >= 0.3 is 15.2 Å². The molecule has 0 amide bonds. The lowest BCUT2D eigenvalue weighted by Gasteiger charge is -2.36. The van der Waals surface area contributed by atoms with Gasteiger partial charge < -0.3 is 35.0 Å². The van der Waals surface area contributed by atoms with Crippen LogP contribution in [0.25, 0.3) is 0 Å². The van der Waals surface area contributed by atoms with Crippen LogP contribution in [0.5, 0.6) is 0 Å². The molecule has 0 saturated carbocycles. The number of hydrogen-bond donors (Lipinski definition) is 5. The first kappa shape index (κ1) is 14.2. The normalized spacial score (nSPS) is 14.0. The molecule has 0 aliphatic heterocycles. The van der Waals surface area contributed by atoms with Crippen LogP contribution in [0.1, 0.15) is 0 Å². The molecule has 0 radical (unpaired) electrons. The molecule has 0 heterocycles. The van der Waals surface area contributed by atoms with Crippen LogP contribution in [0.4, 0.5) is 0 Å². The Labute approximate surface area is 78.9 Å². The smallest absolute Gasteiger partial charge is 0.354 e. The lowest BCUT2D eigenvalue weighted by Crippen LogP contribution is -2.32. The number of hydrogen-bond acceptors (Lipinski definition) is 5. The molecule has 0 aromatic heterocycles. The third-order valence-corrected chi connectivity index (χ3v) is 4.70. The summed E-state index contributed by atoms with van der Waals surface area (Å²) in [5, 5.41) is 18.6. The van der Waals surface area contributed by atoms with Gasteiger partial charge in [0.1, 0.15) is 0 Å². The van der Waals surface area contributed by atoms with E-state index in [9.17, 15) is 14.3 Å². The fraction of sp³-hybridized carbons (Fsp3) is 1.00. The maximum atomic E-state index is 10.8. The molecule has 11 heteroatoms. The van der Waals surface area contributed by atoms with E-state index in [2.05, 4.69) is 0 Å². The number of rotatable bonds is 5. The molecule has 0 unspecified atom stereocenters. The van der Waals surface area contributed by atoms with E-state index in [0.717, 1.165) is 0 Å². The Bertz CT molecular complexity index is 246. The van der Waals surface area contributed by atoms with E-state index >= 15 is 0 Å². The van der Waals surface area contributed by atoms with Crippen LogP contribution in [0.15, 0.2) is 0 Å². The van der Waals surface area contributed by atoms with Crippen LogP contribution in [0, 0.1) is 5.21 Å². The van der Waals surface area contributed by atoms with Gasteiger partial charge in [-0.15, -0.1) is 0 Å². The zero-order valence-corrected chi connectivity index (χ0v) is 8.58. The molecule has 0 aliphatic rings. The Hall–Kier alpha value is 0.180. The summed E-state index contributed by atoms with van der Waals surface area (Å²) in [6.45, 7) is -1.55. The van der Waals surface area contributed by atoms with Crippen LogP contribution in [-0.2, 0) is 9.13 Å². The summed E-state index contributed by atoms with van der Waals surface area (Å²) in [5.74, 6) is 0. The lowest BCUT2D eigenvalue weighted by atomic mass is 10.7. The van der Waals surface area contributed by atoms with Crippen molar-refractivity contribution in [3.05, 3.63) is 5.21 Å². The van der Waals surface area contributed by atoms with E-state index in [4.69, 9.17) is 24.7 Å². The zero-order valence-electron chi connectivity index (χ0n) is 6.79. The molecule has 14 heavy (non-hydrogen) atoms. The molecule has 0 atom stereocenters. The average molecular weight is 250 g/mol. The monoisotopic (exact) mass is 250 g/mol. The van der Waals surface area contributed by atoms with Gasteiger partial charge in [-0.2, -0.15) is 0 Å². The van der Waals surface area contributed by atoms with Gasteiger partial charge in [0.15, 0.2) is 0 Å². The standard InChI is InChI=1S/C3H10NO8P2/c5-2-1-4(6)3(13(7,8)9)14(10,11)12/h3,5H,1-2H2,(H2,7,8,9)(H2,10,11,12)/q-1. The number of hydroxylamine groups is 2. The topological polar surface area (TPSA) is 162 Å². The number of nitrogens with zero attached hydrogens (tertiary/aromatic N) is 1. The van der Waals surface area contributed by atoms with Gasteiger partial charge in [-0.1, -0.05) is 0 Å². The predicted octanol–water partition coefficient (Wildman–Crippen LogP) is -1.58. The van der Waals surface area contributed by atoms with E-state index < -0.39 is 38.9 Å². The summed E-state index contributed by atoms with van der Waals surface area (Å²) in [6.07, 6.45) is 0. The molecule has 0 fully saturated rings. The van der Waals surface area contributed by atoms with Crippen molar-refractivity contribution >= 4 is 15.2 Å². The Kier molecular flexibility index (Phi) is 4.86. The van der Waals surface area contributed by atoms with Crippen molar-refractivity contribution in [2.45, 2.75) is 5.52 Å². The Morgan fingerprint density at radius 2 is 1.50 bits per heavy atom. The first-order chi connectivity index (χ1) is 6.10. The van der Waals surface area contributed by atoms with E-state index in [1.807, 2.05) is 0 Å². The Morgan fingerprint density at radius 3 is 1.71 bits per heavy atom. The largest absolute Gasteiger partial charge is 0.784 e. The zero-order chi connectivity index (χ0) is 11.6. The van der Waals surface area contributed by atoms with E-state index in [1.54, 1.807) is 0 Å². The summed E-state index contributed by atoms with van der Waals surface area (Å²) >= 11 is 0. The van der Waals surface area contributed by atoms with E-state index in [1.165, 1.54) is 0 Å². The fourth-order valence-electron chi connectivity index (χ4n) is 0.746. The molecule has 0 aliphatic carbocycles. The molecule has 0 spiro atoms. The van der Waals surface area contributed by atoms with Crippen molar-refractivity contribution < 1.29 is 33.8 Å².